The lowest BCUT2D eigenvalue weighted by Gasteiger charge is -2.26. The number of alkyl halides is 3. The number of amides is 1. The summed E-state index contributed by atoms with van der Waals surface area (Å²) in [6.07, 6.45) is -4.72. The van der Waals surface area contributed by atoms with Crippen molar-refractivity contribution in [3.63, 3.8) is 0 Å². The number of rotatable bonds is 11. The predicted molar refractivity (Wildman–Crippen MR) is 152 cm³/mol. The zero-order chi connectivity index (χ0) is 31.3. The molecule has 0 saturated carbocycles. The molecule has 15 heteroatoms. The zero-order valence-corrected chi connectivity index (χ0v) is 24.7. The Kier molecular flexibility index (Phi) is 10.00. The van der Waals surface area contributed by atoms with E-state index >= 15 is 0 Å². The van der Waals surface area contributed by atoms with Gasteiger partial charge in [-0.15, -0.1) is 0 Å². The normalized spacial score (nSPS) is 14.7. The van der Waals surface area contributed by atoms with Gasteiger partial charge in [-0.05, 0) is 61.5 Å². The van der Waals surface area contributed by atoms with Crippen molar-refractivity contribution >= 4 is 31.6 Å². The van der Waals surface area contributed by atoms with Crippen LogP contribution < -0.4 is 14.4 Å². The zero-order valence-electron chi connectivity index (χ0n) is 23.1. The van der Waals surface area contributed by atoms with Crippen LogP contribution in [0.2, 0.25) is 0 Å². The fraction of sp³-hybridized carbons (Fsp3) is 0.321. The number of carbonyl (C=O) groups is 1. The summed E-state index contributed by atoms with van der Waals surface area (Å²) in [6, 6.07) is 15.2. The van der Waals surface area contributed by atoms with Gasteiger partial charge in [0.25, 0.3) is 10.0 Å². The van der Waals surface area contributed by atoms with Crippen LogP contribution in [0.1, 0.15) is 11.1 Å². The molecule has 0 aromatic heterocycles. The highest BCUT2D eigenvalue weighted by Crippen LogP contribution is 2.33. The van der Waals surface area contributed by atoms with Crippen molar-refractivity contribution in [3.8, 4) is 5.75 Å². The first-order chi connectivity index (χ1) is 20.3. The molecule has 0 aliphatic carbocycles. The van der Waals surface area contributed by atoms with E-state index in [0.29, 0.717) is 29.3 Å². The molecule has 43 heavy (non-hydrogen) atoms. The summed E-state index contributed by atoms with van der Waals surface area (Å²) in [5.74, 6) is -0.439. The number of aryl methyl sites for hydroxylation is 1. The number of benzene rings is 3. The van der Waals surface area contributed by atoms with Crippen molar-refractivity contribution in [2.45, 2.75) is 22.9 Å². The van der Waals surface area contributed by atoms with Gasteiger partial charge in [0, 0.05) is 13.1 Å². The minimum atomic E-state index is -4.72. The summed E-state index contributed by atoms with van der Waals surface area (Å²) >= 11 is 0. The van der Waals surface area contributed by atoms with Crippen molar-refractivity contribution < 1.29 is 44.3 Å². The van der Waals surface area contributed by atoms with E-state index in [1.54, 1.807) is 19.1 Å². The minimum Gasteiger partial charge on any atom is -0.492 e. The minimum absolute atomic E-state index is 0.0461. The molecule has 3 aromatic carbocycles. The number of halogens is 3. The number of hydrogen-bond donors (Lipinski definition) is 1. The highest BCUT2D eigenvalue weighted by molar-refractivity contribution is 7.92. The van der Waals surface area contributed by atoms with Gasteiger partial charge >= 0.3 is 6.18 Å². The van der Waals surface area contributed by atoms with E-state index in [1.807, 2.05) is 0 Å². The molecular weight excluding hydrogens is 611 g/mol. The number of nitrogens with one attached hydrogen (secondary N) is 1. The molecule has 0 bridgehead atoms. The quantitative estimate of drug-likeness (QED) is 0.319. The summed E-state index contributed by atoms with van der Waals surface area (Å²) in [5, 5.41) is 2.50. The van der Waals surface area contributed by atoms with Crippen molar-refractivity contribution in [1.29, 1.82) is 0 Å². The van der Waals surface area contributed by atoms with E-state index < -0.39 is 44.2 Å². The number of hydrogen-bond acceptors (Lipinski definition) is 7. The van der Waals surface area contributed by atoms with Crippen LogP contribution in [0.4, 0.5) is 18.9 Å². The van der Waals surface area contributed by atoms with Gasteiger partial charge in [0.2, 0.25) is 15.9 Å². The molecule has 1 N–H and O–H groups in total. The van der Waals surface area contributed by atoms with Gasteiger partial charge in [0.1, 0.15) is 18.9 Å². The predicted octanol–water partition coefficient (Wildman–Crippen LogP) is 3.43. The summed E-state index contributed by atoms with van der Waals surface area (Å²) in [6.45, 7) is 2.02. The molecule has 0 atom stereocenters. The van der Waals surface area contributed by atoms with Gasteiger partial charge in [0.05, 0.1) is 40.8 Å². The number of carbonyl (C=O) groups excluding carboxylic acids is 1. The Labute approximate surface area is 248 Å². The van der Waals surface area contributed by atoms with Gasteiger partial charge < -0.3 is 14.8 Å². The molecule has 1 aliphatic heterocycles. The molecular formula is C28H30F3N3O7S2. The largest absolute Gasteiger partial charge is 0.492 e. The second-order valence-electron chi connectivity index (χ2n) is 9.56. The van der Waals surface area contributed by atoms with Crippen LogP contribution in [0.15, 0.2) is 82.6 Å². The Morgan fingerprint density at radius 3 is 2.21 bits per heavy atom. The van der Waals surface area contributed by atoms with Crippen LogP contribution in [0.25, 0.3) is 0 Å². The van der Waals surface area contributed by atoms with Crippen LogP contribution in [-0.4, -0.2) is 73.0 Å². The number of ether oxygens (including phenoxy) is 2. The fourth-order valence-corrected chi connectivity index (χ4v) is 7.00. The molecule has 232 valence electrons. The first kappa shape index (κ1) is 32.3. The van der Waals surface area contributed by atoms with Gasteiger partial charge in [-0.2, -0.15) is 17.5 Å². The molecule has 1 fully saturated rings. The van der Waals surface area contributed by atoms with Crippen LogP contribution in [-0.2, 0) is 35.8 Å². The maximum absolute atomic E-state index is 13.4. The number of anilines is 1. The highest BCUT2D eigenvalue weighted by Gasteiger charge is 2.33. The van der Waals surface area contributed by atoms with Crippen molar-refractivity contribution in [2.75, 3.05) is 50.3 Å². The lowest BCUT2D eigenvalue weighted by atomic mass is 10.2. The van der Waals surface area contributed by atoms with E-state index in [1.165, 1.54) is 46.8 Å². The second kappa shape index (κ2) is 13.3. The first-order valence-electron chi connectivity index (χ1n) is 13.1. The van der Waals surface area contributed by atoms with Crippen LogP contribution in [0, 0.1) is 6.92 Å². The maximum atomic E-state index is 13.4. The Hall–Kier alpha value is -3.66. The fourth-order valence-electron chi connectivity index (χ4n) is 4.18. The van der Waals surface area contributed by atoms with Gasteiger partial charge in [-0.3, -0.25) is 9.10 Å². The van der Waals surface area contributed by atoms with Crippen molar-refractivity contribution in [2.24, 2.45) is 0 Å². The van der Waals surface area contributed by atoms with E-state index in [-0.39, 0.29) is 41.7 Å². The topological polar surface area (TPSA) is 122 Å². The molecule has 1 amide bonds. The van der Waals surface area contributed by atoms with E-state index in [0.717, 1.165) is 17.7 Å². The molecule has 3 aromatic rings. The van der Waals surface area contributed by atoms with Crippen molar-refractivity contribution in [3.05, 3.63) is 83.9 Å². The number of morpholine rings is 1. The summed E-state index contributed by atoms with van der Waals surface area (Å²) in [7, 11) is -8.08. The third kappa shape index (κ3) is 8.04. The molecule has 0 unspecified atom stereocenters. The summed E-state index contributed by atoms with van der Waals surface area (Å²) < 4.78 is 105. The second-order valence-corrected chi connectivity index (χ2v) is 13.4. The molecule has 10 nitrogen and oxygen atoms in total. The Morgan fingerprint density at radius 2 is 1.58 bits per heavy atom. The van der Waals surface area contributed by atoms with E-state index in [2.05, 4.69) is 5.32 Å². The van der Waals surface area contributed by atoms with Gasteiger partial charge in [0.15, 0.2) is 0 Å². The van der Waals surface area contributed by atoms with Crippen molar-refractivity contribution in [1.82, 2.24) is 9.62 Å². The molecule has 0 spiro atoms. The monoisotopic (exact) mass is 641 g/mol. The maximum Gasteiger partial charge on any atom is 0.416 e. The Bertz CT molecular complexity index is 1630. The third-order valence-corrected chi connectivity index (χ3v) is 10.2. The standard InChI is InChI=1S/C28H30F3N3O7S2/c1-21-5-9-26(10-6-21)43(38,39)34(23-4-2-3-22(19-23)28(29,30)31)20-27(35)32-13-16-41-24-7-11-25(12-8-24)42(36,37)33-14-17-40-18-15-33/h2-12,19H,13-18,20H2,1H3,(H,32,35). The molecule has 4 rings (SSSR count). The highest BCUT2D eigenvalue weighted by atomic mass is 32.2. The Morgan fingerprint density at radius 1 is 0.953 bits per heavy atom. The average molecular weight is 642 g/mol. The molecule has 1 heterocycles. The number of sulfonamides is 2. The van der Waals surface area contributed by atoms with Gasteiger partial charge in [-0.1, -0.05) is 23.8 Å². The smallest absolute Gasteiger partial charge is 0.416 e. The van der Waals surface area contributed by atoms with Crippen LogP contribution in [0.3, 0.4) is 0 Å². The van der Waals surface area contributed by atoms with E-state index in [9.17, 15) is 34.8 Å². The lowest BCUT2D eigenvalue weighted by Crippen LogP contribution is -2.42. The Balaban J connectivity index is 1.40. The van der Waals surface area contributed by atoms with Crippen LogP contribution in [0.5, 0.6) is 5.75 Å². The van der Waals surface area contributed by atoms with Crippen LogP contribution >= 0.6 is 0 Å². The summed E-state index contributed by atoms with van der Waals surface area (Å²) in [5.41, 5.74) is -0.615. The number of nitrogens with zero attached hydrogens (tertiary/aromatic N) is 2. The molecule has 1 saturated heterocycles. The molecule has 0 radical (unpaired) electrons. The average Bonchev–Trinajstić information content (AvgIpc) is 2.98. The summed E-state index contributed by atoms with van der Waals surface area (Å²) in [4.78, 5) is 12.7. The SMILES string of the molecule is Cc1ccc(S(=O)(=O)N(CC(=O)NCCOc2ccc(S(=O)(=O)N3CCOCC3)cc2)c2cccc(C(F)(F)F)c2)cc1. The molecule has 1 aliphatic rings. The van der Waals surface area contributed by atoms with E-state index in [4.69, 9.17) is 9.47 Å². The lowest BCUT2D eigenvalue weighted by molar-refractivity contribution is -0.137. The first-order valence-corrected chi connectivity index (χ1v) is 16.0. The van der Waals surface area contributed by atoms with Gasteiger partial charge in [-0.25, -0.2) is 16.8 Å². The third-order valence-electron chi connectivity index (χ3n) is 6.48.